The first-order valence-corrected chi connectivity index (χ1v) is 10.0. The highest BCUT2D eigenvalue weighted by Gasteiger charge is 2.53. The Morgan fingerprint density at radius 1 is 1.12 bits per heavy atom. The van der Waals surface area contributed by atoms with E-state index < -0.39 is 5.72 Å². The summed E-state index contributed by atoms with van der Waals surface area (Å²) in [5.41, 5.74) is 3.74. The van der Waals surface area contributed by atoms with Gasteiger partial charge < -0.3 is 22.1 Å². The van der Waals surface area contributed by atoms with Gasteiger partial charge in [0.2, 0.25) is 0 Å². The molecule has 0 aromatic heterocycles. The second kappa shape index (κ2) is 7.75. The lowest BCUT2D eigenvalue weighted by molar-refractivity contribution is -0.656. The molecule has 0 spiro atoms. The maximum Gasteiger partial charge on any atom is 0.316 e. The van der Waals surface area contributed by atoms with Gasteiger partial charge in [0.25, 0.3) is 5.72 Å². The molecule has 26 heavy (non-hydrogen) atoms. The third kappa shape index (κ3) is 3.32. The minimum absolute atomic E-state index is 0. The summed E-state index contributed by atoms with van der Waals surface area (Å²) in [6.45, 7) is 5.73. The number of hydrogen-bond donors (Lipinski definition) is 1. The Balaban J connectivity index is 0.00000196. The largest absolute Gasteiger partial charge is 1.00 e. The Morgan fingerprint density at radius 2 is 1.81 bits per heavy atom. The molecule has 2 aliphatic rings. The summed E-state index contributed by atoms with van der Waals surface area (Å²) in [6, 6.07) is 17.0. The lowest BCUT2D eigenvalue weighted by Crippen LogP contribution is -3.00. The van der Waals surface area contributed by atoms with Crippen LogP contribution < -0.4 is 21.9 Å². The van der Waals surface area contributed by atoms with Gasteiger partial charge in [0.1, 0.15) is 5.69 Å². The Hall–Kier alpha value is -1.30. The molecule has 3 nitrogen and oxygen atoms in total. The molecule has 2 aromatic carbocycles. The average molecular weight is 433 g/mol. The zero-order valence-electron chi connectivity index (χ0n) is 15.3. The maximum atomic E-state index is 11.6. The second-order valence-corrected chi connectivity index (χ2v) is 7.99. The standard InChI is InChI=1S/C21H25N2OS.BrH/c1-3-17-7-11-19(12-8-17)22-15-21(24,18-9-5-16(2)6-10-18)23-13-4-14-25-20(22)23;/h5-12,24H,3-4,13-15H2,1-2H3;1H/q+1;/p-1. The fraction of sp³-hybridized carbons (Fsp3) is 0.381. The number of nitrogens with zero attached hydrogens (tertiary/aromatic N) is 2. The fourth-order valence-corrected chi connectivity index (χ4v) is 4.86. The van der Waals surface area contributed by atoms with Crippen molar-refractivity contribution in [2.45, 2.75) is 32.4 Å². The molecule has 1 atom stereocenters. The molecule has 1 unspecified atom stereocenters. The van der Waals surface area contributed by atoms with E-state index >= 15 is 0 Å². The monoisotopic (exact) mass is 432 g/mol. The van der Waals surface area contributed by atoms with Gasteiger partial charge in [-0.15, -0.1) is 0 Å². The van der Waals surface area contributed by atoms with E-state index in [0.717, 1.165) is 36.4 Å². The van der Waals surface area contributed by atoms with Crippen LogP contribution >= 0.6 is 11.8 Å². The lowest BCUT2D eigenvalue weighted by atomic mass is 10.0. The molecular formula is C21H25BrN2OS. The van der Waals surface area contributed by atoms with Crippen molar-refractivity contribution in [3.8, 4) is 0 Å². The highest BCUT2D eigenvalue weighted by molar-refractivity contribution is 8.13. The predicted octanol–water partition coefficient (Wildman–Crippen LogP) is 0.732. The normalized spacial score (nSPS) is 22.2. The van der Waals surface area contributed by atoms with E-state index in [9.17, 15) is 5.11 Å². The van der Waals surface area contributed by atoms with Crippen LogP contribution in [-0.2, 0) is 12.1 Å². The van der Waals surface area contributed by atoms with E-state index in [1.807, 2.05) is 11.8 Å². The number of hydrogen-bond acceptors (Lipinski definition) is 3. The van der Waals surface area contributed by atoms with Gasteiger partial charge in [-0.3, -0.25) is 0 Å². The van der Waals surface area contributed by atoms with Crippen molar-refractivity contribution in [2.75, 3.05) is 23.7 Å². The second-order valence-electron chi connectivity index (χ2n) is 6.93. The smallest absolute Gasteiger partial charge is 0.316 e. The number of rotatable bonds is 3. The molecule has 4 rings (SSSR count). The van der Waals surface area contributed by atoms with Crippen molar-refractivity contribution in [3.05, 3.63) is 65.2 Å². The molecule has 0 saturated heterocycles. The van der Waals surface area contributed by atoms with Crippen LogP contribution in [0.15, 0.2) is 48.5 Å². The molecule has 0 amide bonds. The van der Waals surface area contributed by atoms with Gasteiger partial charge in [-0.25, -0.2) is 9.48 Å². The summed E-state index contributed by atoms with van der Waals surface area (Å²) in [5, 5.41) is 12.8. The first-order chi connectivity index (χ1) is 12.1. The van der Waals surface area contributed by atoms with Gasteiger partial charge in [0.05, 0.1) is 6.54 Å². The molecule has 2 heterocycles. The molecule has 0 aliphatic carbocycles. The molecule has 1 N–H and O–H groups in total. The van der Waals surface area contributed by atoms with Crippen LogP contribution in [0, 0.1) is 6.92 Å². The van der Waals surface area contributed by atoms with Crippen LogP contribution in [0.4, 0.5) is 5.69 Å². The molecule has 0 saturated carbocycles. The van der Waals surface area contributed by atoms with Gasteiger partial charge in [-0.1, -0.05) is 48.9 Å². The quantitative estimate of drug-likeness (QED) is 0.724. The fourth-order valence-electron chi connectivity index (χ4n) is 3.68. The number of thioether (sulfide) groups is 1. The van der Waals surface area contributed by atoms with Gasteiger partial charge in [-0.2, -0.15) is 0 Å². The summed E-state index contributed by atoms with van der Waals surface area (Å²) in [7, 11) is 0. The molecule has 2 aromatic rings. The zero-order chi connectivity index (χ0) is 17.4. The number of aliphatic hydroxyl groups is 1. The first-order valence-electron chi connectivity index (χ1n) is 9.05. The maximum absolute atomic E-state index is 11.6. The van der Waals surface area contributed by atoms with Crippen LogP contribution in [0.5, 0.6) is 0 Å². The first kappa shape index (κ1) is 19.5. The van der Waals surface area contributed by atoms with Crippen molar-refractivity contribution < 1.29 is 26.7 Å². The predicted molar refractivity (Wildman–Crippen MR) is 105 cm³/mol. The topological polar surface area (TPSA) is 26.5 Å². The minimum atomic E-state index is -0.958. The summed E-state index contributed by atoms with van der Waals surface area (Å²) in [4.78, 5) is 2.28. The van der Waals surface area contributed by atoms with Gasteiger partial charge in [0, 0.05) is 11.3 Å². The van der Waals surface area contributed by atoms with Crippen molar-refractivity contribution in [1.29, 1.82) is 0 Å². The number of halogens is 1. The number of benzene rings is 2. The number of β-amino-alcohol motifs (C(OH)–C–C–N with tert-alkyl or cyclic N) is 1. The molecule has 2 aliphatic heterocycles. The van der Waals surface area contributed by atoms with Crippen LogP contribution in [0.25, 0.3) is 0 Å². The molecule has 0 fully saturated rings. The zero-order valence-corrected chi connectivity index (χ0v) is 17.7. The molecule has 0 radical (unpaired) electrons. The van der Waals surface area contributed by atoms with Crippen molar-refractivity contribution in [2.24, 2.45) is 0 Å². The lowest BCUT2D eigenvalue weighted by Gasteiger charge is -2.24. The van der Waals surface area contributed by atoms with E-state index in [2.05, 4.69) is 71.9 Å². The number of aryl methyl sites for hydroxylation is 2. The van der Waals surface area contributed by atoms with E-state index in [1.54, 1.807) is 0 Å². The SMILES string of the molecule is CCc1ccc(N2CC(O)(c3ccc(C)cc3)[N+]3=C2SCCC3)cc1.[Br-]. The third-order valence-corrected chi connectivity index (χ3v) is 6.41. The summed E-state index contributed by atoms with van der Waals surface area (Å²) < 4.78 is 2.19. The Bertz CT molecular complexity index is 804. The third-order valence-electron chi connectivity index (χ3n) is 5.21. The number of anilines is 1. The van der Waals surface area contributed by atoms with Crippen LogP contribution in [-0.4, -0.2) is 33.7 Å². The molecule has 0 bridgehead atoms. The van der Waals surface area contributed by atoms with Crippen LogP contribution in [0.2, 0.25) is 0 Å². The molecule has 5 heteroatoms. The highest BCUT2D eigenvalue weighted by Crippen LogP contribution is 2.37. The van der Waals surface area contributed by atoms with Crippen LogP contribution in [0.3, 0.4) is 0 Å². The summed E-state index contributed by atoms with van der Waals surface area (Å²) in [5.74, 6) is 1.11. The van der Waals surface area contributed by atoms with Gasteiger partial charge >= 0.3 is 5.17 Å². The highest BCUT2D eigenvalue weighted by atomic mass is 79.9. The Kier molecular flexibility index (Phi) is 5.80. The number of amidine groups is 1. The average Bonchev–Trinajstić information content (AvgIpc) is 2.97. The molecule has 138 valence electrons. The van der Waals surface area contributed by atoms with E-state index in [-0.39, 0.29) is 17.0 Å². The minimum Gasteiger partial charge on any atom is -1.00 e. The van der Waals surface area contributed by atoms with Crippen molar-refractivity contribution in [1.82, 2.24) is 0 Å². The van der Waals surface area contributed by atoms with E-state index in [4.69, 9.17) is 0 Å². The van der Waals surface area contributed by atoms with Gasteiger partial charge in [0.15, 0.2) is 6.54 Å². The van der Waals surface area contributed by atoms with Gasteiger partial charge in [-0.05, 0) is 49.2 Å². The summed E-state index contributed by atoms with van der Waals surface area (Å²) >= 11 is 1.86. The van der Waals surface area contributed by atoms with Crippen molar-refractivity contribution >= 4 is 22.6 Å². The van der Waals surface area contributed by atoms with Crippen LogP contribution in [0.1, 0.15) is 30.0 Å². The Morgan fingerprint density at radius 3 is 2.46 bits per heavy atom. The molecular weight excluding hydrogens is 408 g/mol. The van der Waals surface area contributed by atoms with E-state index in [0.29, 0.717) is 6.54 Å². The summed E-state index contributed by atoms with van der Waals surface area (Å²) in [6.07, 6.45) is 2.15. The Labute approximate surface area is 170 Å². The van der Waals surface area contributed by atoms with Crippen molar-refractivity contribution in [3.63, 3.8) is 0 Å². The van der Waals surface area contributed by atoms with E-state index in [1.165, 1.54) is 16.3 Å².